The Morgan fingerprint density at radius 2 is 1.36 bits per heavy atom. The lowest BCUT2D eigenvalue weighted by Gasteiger charge is -2.44. The van der Waals surface area contributed by atoms with Crippen molar-refractivity contribution in [1.82, 2.24) is 9.80 Å². The number of likely N-dealkylation sites (N-methyl/N-ethyl adjacent to an activating group) is 1. The van der Waals surface area contributed by atoms with Crippen molar-refractivity contribution < 1.29 is 0 Å². The van der Waals surface area contributed by atoms with E-state index in [1.807, 2.05) is 13.8 Å². The maximum atomic E-state index is 2.56. The Morgan fingerprint density at radius 1 is 1.00 bits per heavy atom. The summed E-state index contributed by atoms with van der Waals surface area (Å²) < 4.78 is 0. The van der Waals surface area contributed by atoms with Crippen LogP contribution in [0.15, 0.2) is 0 Å². The molecule has 0 saturated carbocycles. The molecule has 1 saturated heterocycles. The summed E-state index contributed by atoms with van der Waals surface area (Å²) >= 11 is 0. The fourth-order valence-electron chi connectivity index (χ4n) is 1.87. The van der Waals surface area contributed by atoms with E-state index in [0.29, 0.717) is 18.1 Å². The average molecular weight is 200 g/mol. The van der Waals surface area contributed by atoms with Gasteiger partial charge >= 0.3 is 0 Å². The summed E-state index contributed by atoms with van der Waals surface area (Å²) in [5.41, 5.74) is 0. The van der Waals surface area contributed by atoms with Gasteiger partial charge in [0.05, 0.1) is 0 Å². The van der Waals surface area contributed by atoms with Crippen LogP contribution in [0.25, 0.3) is 0 Å². The van der Waals surface area contributed by atoms with Crippen LogP contribution < -0.4 is 0 Å². The van der Waals surface area contributed by atoms with Crippen LogP contribution in [0.5, 0.6) is 0 Å². The summed E-state index contributed by atoms with van der Waals surface area (Å²) in [7, 11) is 2.23. The molecule has 0 N–H and O–H groups in total. The standard InChI is InChI=1S/C10H22N2.C2H6/c1-8(2)12-6-9(3)11(5)10(4)7-12;1-2/h8-10H,6-7H2,1-5H3;1-2H3/t9-,10-;/m1./s1. The van der Waals surface area contributed by atoms with Crippen LogP contribution in [0.1, 0.15) is 41.5 Å². The van der Waals surface area contributed by atoms with Crippen LogP contribution in [0.4, 0.5) is 0 Å². The number of rotatable bonds is 1. The van der Waals surface area contributed by atoms with Crippen LogP contribution in [0.3, 0.4) is 0 Å². The summed E-state index contributed by atoms with van der Waals surface area (Å²) in [6, 6.07) is 2.11. The minimum Gasteiger partial charge on any atom is -0.298 e. The Kier molecular flexibility index (Phi) is 6.38. The second-order valence-electron chi connectivity index (χ2n) is 4.41. The molecule has 0 amide bonds. The van der Waals surface area contributed by atoms with Crippen LogP contribution in [0, 0.1) is 0 Å². The van der Waals surface area contributed by atoms with Crippen molar-refractivity contribution >= 4 is 0 Å². The summed E-state index contributed by atoms with van der Waals surface area (Å²) in [5.74, 6) is 0. The Hall–Kier alpha value is -0.0800. The smallest absolute Gasteiger partial charge is 0.0195 e. The van der Waals surface area contributed by atoms with Gasteiger partial charge in [-0.05, 0) is 34.7 Å². The Labute approximate surface area is 90.3 Å². The molecule has 0 aromatic heterocycles. The van der Waals surface area contributed by atoms with E-state index in [2.05, 4.69) is 44.5 Å². The molecular formula is C12H28N2. The van der Waals surface area contributed by atoms with Gasteiger partial charge in [0.15, 0.2) is 0 Å². The predicted molar refractivity (Wildman–Crippen MR) is 64.7 cm³/mol. The molecule has 1 heterocycles. The molecule has 1 rings (SSSR count). The largest absolute Gasteiger partial charge is 0.298 e. The molecule has 0 bridgehead atoms. The molecule has 0 unspecified atom stereocenters. The van der Waals surface area contributed by atoms with Crippen molar-refractivity contribution in [2.45, 2.75) is 59.7 Å². The van der Waals surface area contributed by atoms with Crippen molar-refractivity contribution in [3.63, 3.8) is 0 Å². The molecule has 1 fully saturated rings. The van der Waals surface area contributed by atoms with E-state index in [1.165, 1.54) is 13.1 Å². The molecule has 2 atom stereocenters. The average Bonchev–Trinajstić information content (AvgIpc) is 2.16. The first-order chi connectivity index (χ1) is 6.52. The molecule has 0 radical (unpaired) electrons. The first-order valence-electron chi connectivity index (χ1n) is 5.98. The van der Waals surface area contributed by atoms with Crippen molar-refractivity contribution in [3.05, 3.63) is 0 Å². The van der Waals surface area contributed by atoms with Crippen molar-refractivity contribution in [1.29, 1.82) is 0 Å². The normalized spacial score (nSPS) is 30.0. The zero-order valence-corrected chi connectivity index (χ0v) is 11.0. The van der Waals surface area contributed by atoms with Gasteiger partial charge in [0.25, 0.3) is 0 Å². The monoisotopic (exact) mass is 200 g/mol. The van der Waals surface area contributed by atoms with Gasteiger partial charge in [-0.15, -0.1) is 0 Å². The second kappa shape index (κ2) is 6.41. The van der Waals surface area contributed by atoms with Crippen LogP contribution in [-0.2, 0) is 0 Å². The van der Waals surface area contributed by atoms with Crippen molar-refractivity contribution in [2.24, 2.45) is 0 Å². The molecule has 0 aliphatic carbocycles. The lowest BCUT2D eigenvalue weighted by molar-refractivity contribution is 0.0425. The maximum absolute atomic E-state index is 2.56. The molecule has 2 heteroatoms. The minimum absolute atomic E-state index is 0.698. The highest BCUT2D eigenvalue weighted by Gasteiger charge is 2.27. The van der Waals surface area contributed by atoms with Gasteiger partial charge in [-0.2, -0.15) is 0 Å². The van der Waals surface area contributed by atoms with Gasteiger partial charge < -0.3 is 0 Å². The first kappa shape index (κ1) is 13.9. The highest BCUT2D eigenvalue weighted by atomic mass is 15.3. The predicted octanol–water partition coefficient (Wildman–Crippen LogP) is 2.45. The van der Waals surface area contributed by atoms with Gasteiger partial charge in [-0.3, -0.25) is 9.80 Å². The van der Waals surface area contributed by atoms with Crippen LogP contribution in [0.2, 0.25) is 0 Å². The highest BCUT2D eigenvalue weighted by molar-refractivity contribution is 4.83. The molecule has 1 aliphatic rings. The number of nitrogens with zero attached hydrogens (tertiary/aromatic N) is 2. The Balaban J connectivity index is 0.000000791. The third-order valence-electron chi connectivity index (χ3n) is 3.12. The number of piperazine rings is 1. The SMILES string of the molecule is CC.CC(C)N1C[C@@H](C)N(C)[C@H](C)C1. The maximum Gasteiger partial charge on any atom is 0.0195 e. The molecule has 1 aliphatic heterocycles. The molecule has 0 aromatic rings. The van der Waals surface area contributed by atoms with Gasteiger partial charge in [0.2, 0.25) is 0 Å². The Morgan fingerprint density at radius 3 is 1.64 bits per heavy atom. The first-order valence-corrected chi connectivity index (χ1v) is 5.98. The zero-order valence-electron chi connectivity index (χ0n) is 11.0. The van der Waals surface area contributed by atoms with Crippen molar-refractivity contribution in [3.8, 4) is 0 Å². The zero-order chi connectivity index (χ0) is 11.3. The van der Waals surface area contributed by atoms with Crippen molar-refractivity contribution in [2.75, 3.05) is 20.1 Å². The molecule has 86 valence electrons. The summed E-state index contributed by atoms with van der Waals surface area (Å²) in [6.07, 6.45) is 0. The van der Waals surface area contributed by atoms with E-state index in [9.17, 15) is 0 Å². The molecule has 2 nitrogen and oxygen atoms in total. The van der Waals surface area contributed by atoms with E-state index in [0.717, 1.165) is 0 Å². The Bertz CT molecular complexity index is 133. The second-order valence-corrected chi connectivity index (χ2v) is 4.41. The quantitative estimate of drug-likeness (QED) is 0.641. The van der Waals surface area contributed by atoms with Gasteiger partial charge in [-0.1, -0.05) is 13.8 Å². The van der Waals surface area contributed by atoms with Gasteiger partial charge in [-0.25, -0.2) is 0 Å². The van der Waals surface area contributed by atoms with E-state index in [-0.39, 0.29) is 0 Å². The fourth-order valence-corrected chi connectivity index (χ4v) is 1.87. The fraction of sp³-hybridized carbons (Fsp3) is 1.00. The van der Waals surface area contributed by atoms with E-state index < -0.39 is 0 Å². The van der Waals surface area contributed by atoms with E-state index in [4.69, 9.17) is 0 Å². The summed E-state index contributed by atoms with van der Waals surface area (Å²) in [6.45, 7) is 15.6. The third kappa shape index (κ3) is 3.58. The third-order valence-corrected chi connectivity index (χ3v) is 3.12. The van der Waals surface area contributed by atoms with Crippen LogP contribution >= 0.6 is 0 Å². The van der Waals surface area contributed by atoms with Crippen LogP contribution in [-0.4, -0.2) is 48.1 Å². The summed E-state index contributed by atoms with van der Waals surface area (Å²) in [4.78, 5) is 5.04. The topological polar surface area (TPSA) is 6.48 Å². The summed E-state index contributed by atoms with van der Waals surface area (Å²) in [5, 5.41) is 0. The lowest BCUT2D eigenvalue weighted by Crippen LogP contribution is -2.56. The van der Waals surface area contributed by atoms with E-state index in [1.54, 1.807) is 0 Å². The molecule has 0 spiro atoms. The van der Waals surface area contributed by atoms with Gasteiger partial charge in [0, 0.05) is 31.2 Å². The molecule has 0 aromatic carbocycles. The highest BCUT2D eigenvalue weighted by Crippen LogP contribution is 2.14. The number of hydrogen-bond acceptors (Lipinski definition) is 2. The minimum atomic E-state index is 0.698. The van der Waals surface area contributed by atoms with E-state index >= 15 is 0 Å². The molecule has 14 heavy (non-hydrogen) atoms. The van der Waals surface area contributed by atoms with Gasteiger partial charge in [0.1, 0.15) is 0 Å². The lowest BCUT2D eigenvalue weighted by atomic mass is 10.1. The molecular weight excluding hydrogens is 172 g/mol. The number of hydrogen-bond donors (Lipinski definition) is 0.